The third kappa shape index (κ3) is 3.94. The summed E-state index contributed by atoms with van der Waals surface area (Å²) in [6.45, 7) is 0.790. The van der Waals surface area contributed by atoms with Crippen LogP contribution < -0.4 is 0 Å². The van der Waals surface area contributed by atoms with E-state index >= 15 is 0 Å². The highest BCUT2D eigenvalue weighted by Gasteiger charge is 2.29. The molecule has 2 rings (SSSR count). The Kier molecular flexibility index (Phi) is 5.70. The number of alkyl halides is 2. The van der Waals surface area contributed by atoms with Crippen molar-refractivity contribution in [1.29, 1.82) is 0 Å². The smallest absolute Gasteiger partial charge is 0.308 e. The number of methoxy groups -OCH3 is 1. The first-order valence-corrected chi connectivity index (χ1v) is 7.67. The van der Waals surface area contributed by atoms with Gasteiger partial charge in [-0.05, 0) is 36.7 Å². The van der Waals surface area contributed by atoms with Crippen LogP contribution in [0.3, 0.4) is 0 Å². The third-order valence-corrected chi connectivity index (χ3v) is 4.25. The zero-order valence-electron chi connectivity index (χ0n) is 12.0. The number of aromatic nitrogens is 1. The molecule has 22 heavy (non-hydrogen) atoms. The Hall–Kier alpha value is -1.70. The van der Waals surface area contributed by atoms with Crippen molar-refractivity contribution in [2.24, 2.45) is 5.92 Å². The molecule has 0 atom stereocenters. The van der Waals surface area contributed by atoms with Crippen molar-refractivity contribution in [3.8, 4) is 0 Å². The maximum atomic E-state index is 12.5. The Morgan fingerprint density at radius 1 is 1.41 bits per heavy atom. The van der Waals surface area contributed by atoms with E-state index in [2.05, 4.69) is 4.98 Å². The molecule has 5 nitrogen and oxygen atoms in total. The minimum atomic E-state index is -2.63. The second-order valence-electron chi connectivity index (χ2n) is 4.82. The van der Waals surface area contributed by atoms with Gasteiger partial charge in [-0.15, -0.1) is 0 Å². The SMILES string of the molecule is COC(=O)C1CCN(C(=O)c2cccnc2SC(F)F)CC1. The van der Waals surface area contributed by atoms with Crippen molar-refractivity contribution in [2.75, 3.05) is 20.2 Å². The first kappa shape index (κ1) is 16.7. The first-order chi connectivity index (χ1) is 10.5. The van der Waals surface area contributed by atoms with Crippen LogP contribution in [0.15, 0.2) is 23.4 Å². The molecule has 0 saturated carbocycles. The van der Waals surface area contributed by atoms with Gasteiger partial charge in [0.25, 0.3) is 11.7 Å². The van der Waals surface area contributed by atoms with Crippen molar-refractivity contribution in [3.05, 3.63) is 23.9 Å². The number of hydrogen-bond donors (Lipinski definition) is 0. The number of likely N-dealkylation sites (tertiary alicyclic amines) is 1. The summed E-state index contributed by atoms with van der Waals surface area (Å²) < 4.78 is 29.8. The highest BCUT2D eigenvalue weighted by atomic mass is 32.2. The Morgan fingerprint density at radius 2 is 2.09 bits per heavy atom. The van der Waals surface area contributed by atoms with Gasteiger partial charge in [0.1, 0.15) is 5.03 Å². The molecule has 120 valence electrons. The van der Waals surface area contributed by atoms with Crippen molar-refractivity contribution < 1.29 is 23.1 Å². The molecular weight excluding hydrogens is 314 g/mol. The van der Waals surface area contributed by atoms with Gasteiger partial charge < -0.3 is 9.64 Å². The lowest BCUT2D eigenvalue weighted by atomic mass is 9.96. The van der Waals surface area contributed by atoms with Gasteiger partial charge >= 0.3 is 5.97 Å². The second kappa shape index (κ2) is 7.53. The average Bonchev–Trinajstić information content (AvgIpc) is 2.53. The van der Waals surface area contributed by atoms with Gasteiger partial charge in [-0.2, -0.15) is 8.78 Å². The van der Waals surface area contributed by atoms with Gasteiger partial charge in [0, 0.05) is 19.3 Å². The molecule has 0 radical (unpaired) electrons. The highest BCUT2D eigenvalue weighted by Crippen LogP contribution is 2.28. The maximum Gasteiger partial charge on any atom is 0.308 e. The first-order valence-electron chi connectivity index (χ1n) is 6.80. The summed E-state index contributed by atoms with van der Waals surface area (Å²) >= 11 is 0.260. The molecule has 0 bridgehead atoms. The van der Waals surface area contributed by atoms with Crippen LogP contribution in [0.5, 0.6) is 0 Å². The van der Waals surface area contributed by atoms with E-state index in [4.69, 9.17) is 4.74 Å². The number of amides is 1. The third-order valence-electron chi connectivity index (χ3n) is 3.52. The van der Waals surface area contributed by atoms with Crippen molar-refractivity contribution >= 4 is 23.6 Å². The molecule has 1 amide bonds. The fraction of sp³-hybridized carbons (Fsp3) is 0.500. The van der Waals surface area contributed by atoms with E-state index in [0.717, 1.165) is 0 Å². The Balaban J connectivity index is 2.06. The molecule has 0 unspecified atom stereocenters. The average molecular weight is 330 g/mol. The molecule has 1 fully saturated rings. The second-order valence-corrected chi connectivity index (χ2v) is 5.80. The minimum Gasteiger partial charge on any atom is -0.469 e. The molecule has 0 aromatic carbocycles. The summed E-state index contributed by atoms with van der Waals surface area (Å²) in [6.07, 6.45) is 2.40. The van der Waals surface area contributed by atoms with E-state index in [-0.39, 0.29) is 40.1 Å². The minimum absolute atomic E-state index is 0.0255. The van der Waals surface area contributed by atoms with Crippen LogP contribution in [0.1, 0.15) is 23.2 Å². The lowest BCUT2D eigenvalue weighted by molar-refractivity contribution is -0.146. The molecule has 0 N–H and O–H groups in total. The number of piperidine rings is 1. The Bertz CT molecular complexity index is 549. The van der Waals surface area contributed by atoms with E-state index in [1.807, 2.05) is 0 Å². The van der Waals surface area contributed by atoms with Gasteiger partial charge in [-0.3, -0.25) is 9.59 Å². The molecule has 1 aromatic heterocycles. The normalized spacial score (nSPS) is 15.9. The fourth-order valence-electron chi connectivity index (χ4n) is 2.39. The molecule has 1 aliphatic heterocycles. The number of ether oxygens (including phenoxy) is 1. The van der Waals surface area contributed by atoms with Crippen molar-refractivity contribution in [2.45, 2.75) is 23.6 Å². The Morgan fingerprint density at radius 3 is 2.68 bits per heavy atom. The van der Waals surface area contributed by atoms with E-state index in [1.165, 1.54) is 19.4 Å². The monoisotopic (exact) mass is 330 g/mol. The summed E-state index contributed by atoms with van der Waals surface area (Å²) in [6, 6.07) is 3.04. The number of hydrogen-bond acceptors (Lipinski definition) is 5. The topological polar surface area (TPSA) is 59.5 Å². The van der Waals surface area contributed by atoms with Gasteiger partial charge in [-0.25, -0.2) is 4.98 Å². The molecule has 1 saturated heterocycles. The molecule has 0 spiro atoms. The van der Waals surface area contributed by atoms with Gasteiger partial charge in [-0.1, -0.05) is 0 Å². The number of pyridine rings is 1. The predicted molar refractivity (Wildman–Crippen MR) is 76.7 cm³/mol. The number of rotatable bonds is 4. The highest BCUT2D eigenvalue weighted by molar-refractivity contribution is 7.99. The molecule has 1 aromatic rings. The summed E-state index contributed by atoms with van der Waals surface area (Å²) in [5.41, 5.74) is 0.171. The van der Waals surface area contributed by atoms with Gasteiger partial charge in [0.05, 0.1) is 18.6 Å². The van der Waals surface area contributed by atoms with Gasteiger partial charge in [0.2, 0.25) is 0 Å². The largest absolute Gasteiger partial charge is 0.469 e. The summed E-state index contributed by atoms with van der Waals surface area (Å²) in [5, 5.41) is 0.0255. The van der Waals surface area contributed by atoms with Gasteiger partial charge in [0.15, 0.2) is 0 Å². The van der Waals surface area contributed by atoms with E-state index in [9.17, 15) is 18.4 Å². The lowest BCUT2D eigenvalue weighted by Crippen LogP contribution is -2.40. The Labute approximate surface area is 131 Å². The number of nitrogens with zero attached hydrogens (tertiary/aromatic N) is 2. The molecule has 8 heteroatoms. The van der Waals surface area contributed by atoms with Crippen LogP contribution in [-0.2, 0) is 9.53 Å². The van der Waals surface area contributed by atoms with Crippen LogP contribution in [0, 0.1) is 5.92 Å². The number of esters is 1. The number of carbonyl (C=O) groups excluding carboxylic acids is 2. The fourth-order valence-corrected chi connectivity index (χ4v) is 2.96. The van der Waals surface area contributed by atoms with E-state index in [1.54, 1.807) is 11.0 Å². The molecule has 2 heterocycles. The summed E-state index contributed by atoms with van der Waals surface area (Å²) in [7, 11) is 1.34. The molecule has 0 aliphatic carbocycles. The van der Waals surface area contributed by atoms with Crippen LogP contribution in [0.4, 0.5) is 8.78 Å². The zero-order valence-corrected chi connectivity index (χ0v) is 12.8. The quantitative estimate of drug-likeness (QED) is 0.627. The summed E-state index contributed by atoms with van der Waals surface area (Å²) in [4.78, 5) is 29.3. The standard InChI is InChI=1S/C14H16F2N2O3S/c1-21-13(20)9-4-7-18(8-5-9)12(19)10-3-2-6-17-11(10)22-14(15)16/h2-3,6,9,14H,4-5,7-8H2,1H3. The number of carbonyl (C=O) groups is 2. The summed E-state index contributed by atoms with van der Waals surface area (Å²) in [5.74, 6) is -3.45. The van der Waals surface area contributed by atoms with Crippen LogP contribution in [-0.4, -0.2) is 47.7 Å². The van der Waals surface area contributed by atoms with Crippen molar-refractivity contribution in [3.63, 3.8) is 0 Å². The van der Waals surface area contributed by atoms with Crippen LogP contribution in [0.25, 0.3) is 0 Å². The van der Waals surface area contributed by atoms with E-state index < -0.39 is 5.76 Å². The predicted octanol–water partition coefficient (Wildman–Crippen LogP) is 2.42. The lowest BCUT2D eigenvalue weighted by Gasteiger charge is -2.31. The molecular formula is C14H16F2N2O3S. The maximum absolute atomic E-state index is 12.5. The van der Waals surface area contributed by atoms with Crippen LogP contribution in [0.2, 0.25) is 0 Å². The van der Waals surface area contributed by atoms with Crippen molar-refractivity contribution in [1.82, 2.24) is 9.88 Å². The van der Waals surface area contributed by atoms with Crippen LogP contribution >= 0.6 is 11.8 Å². The number of halogens is 2. The van der Waals surface area contributed by atoms with E-state index in [0.29, 0.717) is 25.9 Å². The number of thioether (sulfide) groups is 1. The molecule has 1 aliphatic rings. The zero-order chi connectivity index (χ0) is 16.1.